The Bertz CT molecular complexity index is 438. The molecule has 0 bridgehead atoms. The number of carbonyl (C=O) groups is 2. The molecule has 0 fully saturated rings. The molecule has 0 spiro atoms. The first-order chi connectivity index (χ1) is 7.00. The van der Waals surface area contributed by atoms with Crippen molar-refractivity contribution in [2.45, 2.75) is 6.92 Å². The molecular weight excluding hydrogens is 197 g/mol. The number of halogens is 1. The van der Waals surface area contributed by atoms with Gasteiger partial charge in [0.1, 0.15) is 5.82 Å². The Morgan fingerprint density at radius 3 is 2.60 bits per heavy atom. The molecule has 0 aliphatic rings. The zero-order valence-electron chi connectivity index (χ0n) is 8.16. The molecule has 0 aliphatic carbocycles. The second-order valence-corrected chi connectivity index (χ2v) is 3.02. The van der Waals surface area contributed by atoms with Crippen molar-refractivity contribution in [3.8, 4) is 0 Å². The number of benzene rings is 1. The van der Waals surface area contributed by atoms with E-state index in [2.05, 4.69) is 0 Å². The quantitative estimate of drug-likeness (QED) is 0.603. The second kappa shape index (κ2) is 4.50. The molecule has 1 aromatic carbocycles. The topological polar surface area (TPSA) is 60.2 Å². The standard InChI is InChI=1S/C11H10FNO2/c1-7(14)10-4-3-9(12)6-8(10)2-5-11(13)15/h2-6H,1H3,(H2,13,15). The average Bonchev–Trinajstić information content (AvgIpc) is 2.14. The summed E-state index contributed by atoms with van der Waals surface area (Å²) >= 11 is 0. The minimum absolute atomic E-state index is 0.195. The highest BCUT2D eigenvalue weighted by atomic mass is 19.1. The van der Waals surface area contributed by atoms with Gasteiger partial charge in [-0.25, -0.2) is 4.39 Å². The zero-order chi connectivity index (χ0) is 11.4. The lowest BCUT2D eigenvalue weighted by Gasteiger charge is -2.01. The third-order valence-corrected chi connectivity index (χ3v) is 1.82. The number of hydrogen-bond acceptors (Lipinski definition) is 2. The summed E-state index contributed by atoms with van der Waals surface area (Å²) in [6.07, 6.45) is 2.41. The van der Waals surface area contributed by atoms with Gasteiger partial charge in [-0.05, 0) is 36.8 Å². The van der Waals surface area contributed by atoms with Crippen LogP contribution < -0.4 is 5.73 Å². The molecule has 0 atom stereocenters. The monoisotopic (exact) mass is 207 g/mol. The Morgan fingerprint density at radius 2 is 2.07 bits per heavy atom. The molecule has 0 saturated carbocycles. The highest BCUT2D eigenvalue weighted by Crippen LogP contribution is 2.13. The predicted molar refractivity (Wildman–Crippen MR) is 54.6 cm³/mol. The van der Waals surface area contributed by atoms with E-state index in [0.29, 0.717) is 11.1 Å². The van der Waals surface area contributed by atoms with Gasteiger partial charge in [0.15, 0.2) is 5.78 Å². The van der Waals surface area contributed by atoms with E-state index in [9.17, 15) is 14.0 Å². The van der Waals surface area contributed by atoms with E-state index >= 15 is 0 Å². The summed E-state index contributed by atoms with van der Waals surface area (Å²) in [7, 11) is 0. The summed E-state index contributed by atoms with van der Waals surface area (Å²) in [6, 6.07) is 3.74. The summed E-state index contributed by atoms with van der Waals surface area (Å²) in [4.78, 5) is 21.6. The van der Waals surface area contributed by atoms with Crippen LogP contribution in [0, 0.1) is 5.82 Å². The third-order valence-electron chi connectivity index (χ3n) is 1.82. The van der Waals surface area contributed by atoms with Crippen LogP contribution in [0.5, 0.6) is 0 Å². The lowest BCUT2D eigenvalue weighted by atomic mass is 10.0. The number of hydrogen-bond donors (Lipinski definition) is 1. The summed E-state index contributed by atoms with van der Waals surface area (Å²) < 4.78 is 12.9. The minimum atomic E-state index is -0.645. The largest absolute Gasteiger partial charge is 0.366 e. The maximum absolute atomic E-state index is 12.9. The molecule has 0 aromatic heterocycles. The molecule has 0 aliphatic heterocycles. The van der Waals surface area contributed by atoms with Crippen LogP contribution in [0.3, 0.4) is 0 Å². The first-order valence-corrected chi connectivity index (χ1v) is 4.28. The van der Waals surface area contributed by atoms with E-state index in [1.807, 2.05) is 0 Å². The summed E-state index contributed by atoms with van der Waals surface area (Å²) in [5.41, 5.74) is 5.60. The predicted octanol–water partition coefficient (Wildman–Crippen LogP) is 1.53. The van der Waals surface area contributed by atoms with Gasteiger partial charge in [0.05, 0.1) is 0 Å². The molecule has 0 saturated heterocycles. The molecule has 4 heteroatoms. The SMILES string of the molecule is CC(=O)c1ccc(F)cc1C=CC(N)=O. The van der Waals surface area contributed by atoms with Crippen LogP contribution in [0.15, 0.2) is 24.3 Å². The number of ketones is 1. The van der Waals surface area contributed by atoms with Crippen molar-refractivity contribution < 1.29 is 14.0 Å². The van der Waals surface area contributed by atoms with Gasteiger partial charge < -0.3 is 5.73 Å². The number of rotatable bonds is 3. The van der Waals surface area contributed by atoms with Crippen LogP contribution in [0.4, 0.5) is 4.39 Å². The van der Waals surface area contributed by atoms with E-state index in [-0.39, 0.29) is 5.78 Å². The molecule has 2 N–H and O–H groups in total. The van der Waals surface area contributed by atoms with Crippen molar-refractivity contribution in [1.29, 1.82) is 0 Å². The third kappa shape index (κ3) is 3.02. The lowest BCUT2D eigenvalue weighted by Crippen LogP contribution is -2.05. The van der Waals surface area contributed by atoms with Gasteiger partial charge in [-0.3, -0.25) is 9.59 Å². The van der Waals surface area contributed by atoms with E-state index < -0.39 is 11.7 Å². The molecule has 0 unspecified atom stereocenters. The lowest BCUT2D eigenvalue weighted by molar-refractivity contribution is -0.113. The van der Waals surface area contributed by atoms with Crippen molar-refractivity contribution in [3.05, 3.63) is 41.2 Å². The molecule has 3 nitrogen and oxygen atoms in total. The van der Waals surface area contributed by atoms with Gasteiger partial charge in [-0.15, -0.1) is 0 Å². The number of carbonyl (C=O) groups excluding carboxylic acids is 2. The molecule has 1 aromatic rings. The first-order valence-electron chi connectivity index (χ1n) is 4.28. The second-order valence-electron chi connectivity index (χ2n) is 3.02. The van der Waals surface area contributed by atoms with Gasteiger partial charge in [-0.1, -0.05) is 0 Å². The molecular formula is C11H10FNO2. The summed E-state index contributed by atoms with van der Waals surface area (Å²) in [5.74, 6) is -1.31. The van der Waals surface area contributed by atoms with E-state index in [1.54, 1.807) is 0 Å². The zero-order valence-corrected chi connectivity index (χ0v) is 8.16. The Hall–Kier alpha value is -1.97. The van der Waals surface area contributed by atoms with Crippen LogP contribution in [0.1, 0.15) is 22.8 Å². The Labute approximate surface area is 86.4 Å². The minimum Gasteiger partial charge on any atom is -0.366 e. The molecule has 0 radical (unpaired) electrons. The fourth-order valence-corrected chi connectivity index (χ4v) is 1.16. The van der Waals surface area contributed by atoms with Crippen LogP contribution in [0.2, 0.25) is 0 Å². The molecule has 78 valence electrons. The van der Waals surface area contributed by atoms with Gasteiger partial charge in [0, 0.05) is 11.6 Å². The number of primary amides is 1. The van der Waals surface area contributed by atoms with Gasteiger partial charge >= 0.3 is 0 Å². The van der Waals surface area contributed by atoms with Crippen LogP contribution in [0.25, 0.3) is 6.08 Å². The van der Waals surface area contributed by atoms with Crippen molar-refractivity contribution in [2.75, 3.05) is 0 Å². The van der Waals surface area contributed by atoms with Gasteiger partial charge in [-0.2, -0.15) is 0 Å². The van der Waals surface area contributed by atoms with Crippen LogP contribution in [-0.4, -0.2) is 11.7 Å². The number of nitrogens with two attached hydrogens (primary N) is 1. The molecule has 1 rings (SSSR count). The summed E-state index contributed by atoms with van der Waals surface area (Å²) in [5, 5.41) is 0. The van der Waals surface area contributed by atoms with Crippen molar-refractivity contribution >= 4 is 17.8 Å². The normalized spacial score (nSPS) is 10.5. The van der Waals surface area contributed by atoms with E-state index in [4.69, 9.17) is 5.73 Å². The smallest absolute Gasteiger partial charge is 0.241 e. The molecule has 1 amide bonds. The van der Waals surface area contributed by atoms with Crippen molar-refractivity contribution in [3.63, 3.8) is 0 Å². The van der Waals surface area contributed by atoms with Crippen molar-refractivity contribution in [2.24, 2.45) is 5.73 Å². The first kappa shape index (κ1) is 11.1. The Morgan fingerprint density at radius 1 is 1.40 bits per heavy atom. The maximum Gasteiger partial charge on any atom is 0.241 e. The van der Waals surface area contributed by atoms with E-state index in [1.165, 1.54) is 31.2 Å². The average molecular weight is 207 g/mol. The van der Waals surface area contributed by atoms with Gasteiger partial charge in [0.2, 0.25) is 5.91 Å². The van der Waals surface area contributed by atoms with E-state index in [0.717, 1.165) is 6.08 Å². The Balaban J connectivity index is 3.18. The van der Waals surface area contributed by atoms with Crippen molar-refractivity contribution in [1.82, 2.24) is 0 Å². The van der Waals surface area contributed by atoms with Crippen LogP contribution >= 0.6 is 0 Å². The number of amides is 1. The fourth-order valence-electron chi connectivity index (χ4n) is 1.16. The fraction of sp³-hybridized carbons (Fsp3) is 0.0909. The molecule has 15 heavy (non-hydrogen) atoms. The maximum atomic E-state index is 12.9. The van der Waals surface area contributed by atoms with Crippen LogP contribution in [-0.2, 0) is 4.79 Å². The van der Waals surface area contributed by atoms with Gasteiger partial charge in [0.25, 0.3) is 0 Å². The Kier molecular flexibility index (Phi) is 3.33. The highest BCUT2D eigenvalue weighted by Gasteiger charge is 2.05. The number of Topliss-reactive ketones (excluding diaryl/α,β-unsaturated/α-hetero) is 1. The highest BCUT2D eigenvalue weighted by molar-refractivity contribution is 5.99. The summed E-state index contributed by atoms with van der Waals surface area (Å²) in [6.45, 7) is 1.37. The molecule has 0 heterocycles.